The Morgan fingerprint density at radius 3 is 2.29 bits per heavy atom. The molecular weight excluding hydrogens is 363 g/mol. The second-order valence-electron chi connectivity index (χ2n) is 6.67. The molecule has 0 radical (unpaired) electrons. The maximum atomic E-state index is 13.0. The number of halogens is 1. The van der Waals surface area contributed by atoms with E-state index in [1.54, 1.807) is 33.5 Å². The van der Waals surface area contributed by atoms with Crippen LogP contribution in [0.4, 0.5) is 4.39 Å². The van der Waals surface area contributed by atoms with Crippen molar-refractivity contribution in [3.8, 4) is 17.2 Å². The monoisotopic (exact) mass is 388 g/mol. The van der Waals surface area contributed by atoms with Gasteiger partial charge in [-0.1, -0.05) is 12.1 Å². The van der Waals surface area contributed by atoms with Gasteiger partial charge in [0, 0.05) is 25.6 Å². The maximum Gasteiger partial charge on any atom is 0.225 e. The number of hydrogen-bond donors (Lipinski definition) is 2. The van der Waals surface area contributed by atoms with Crippen LogP contribution in [0.15, 0.2) is 36.4 Å². The first-order chi connectivity index (χ1) is 13.6. The quantitative estimate of drug-likeness (QED) is 0.763. The Balaban J connectivity index is 1.76. The van der Waals surface area contributed by atoms with E-state index in [0.29, 0.717) is 36.9 Å². The molecule has 1 heterocycles. The molecule has 2 aromatic carbocycles. The molecular formula is C21H25FN2O4. The third kappa shape index (κ3) is 4.20. The standard InChI is InChI=1S/C21H25FN2O4/c1-26-18-8-14(9-19(27-2)20(18)28-3)16-11-23-12-17(16)21(25)24-10-13-4-6-15(22)7-5-13/h4-9,16-17,23H,10-12H2,1-3H3,(H,24,25). The van der Waals surface area contributed by atoms with Gasteiger partial charge in [0.25, 0.3) is 0 Å². The fourth-order valence-electron chi connectivity index (χ4n) is 3.54. The summed E-state index contributed by atoms with van der Waals surface area (Å²) in [6.45, 7) is 1.61. The minimum atomic E-state index is -0.294. The van der Waals surface area contributed by atoms with E-state index in [1.807, 2.05) is 12.1 Å². The van der Waals surface area contributed by atoms with E-state index >= 15 is 0 Å². The fourth-order valence-corrected chi connectivity index (χ4v) is 3.54. The number of carbonyl (C=O) groups is 1. The van der Waals surface area contributed by atoms with E-state index < -0.39 is 0 Å². The first-order valence-electron chi connectivity index (χ1n) is 9.10. The molecule has 1 amide bonds. The topological polar surface area (TPSA) is 68.8 Å². The number of benzene rings is 2. The molecule has 28 heavy (non-hydrogen) atoms. The van der Waals surface area contributed by atoms with Crippen molar-refractivity contribution >= 4 is 5.91 Å². The molecule has 2 unspecified atom stereocenters. The van der Waals surface area contributed by atoms with Gasteiger partial charge in [0.2, 0.25) is 11.7 Å². The zero-order chi connectivity index (χ0) is 20.1. The van der Waals surface area contributed by atoms with Gasteiger partial charge in [-0.3, -0.25) is 4.79 Å². The smallest absolute Gasteiger partial charge is 0.225 e. The Morgan fingerprint density at radius 1 is 1.07 bits per heavy atom. The molecule has 1 aliphatic rings. The van der Waals surface area contributed by atoms with Crippen LogP contribution in [0.3, 0.4) is 0 Å². The van der Waals surface area contributed by atoms with Crippen LogP contribution in [0.5, 0.6) is 17.2 Å². The third-order valence-electron chi connectivity index (χ3n) is 5.05. The SMILES string of the molecule is COc1cc(C2CNCC2C(=O)NCc2ccc(F)cc2)cc(OC)c1OC. The molecule has 6 nitrogen and oxygen atoms in total. The van der Waals surface area contributed by atoms with Crippen LogP contribution < -0.4 is 24.8 Å². The normalized spacial score (nSPS) is 18.6. The van der Waals surface area contributed by atoms with Crippen molar-refractivity contribution in [2.24, 2.45) is 5.92 Å². The molecule has 1 fully saturated rings. The van der Waals surface area contributed by atoms with E-state index in [9.17, 15) is 9.18 Å². The van der Waals surface area contributed by atoms with Crippen molar-refractivity contribution in [3.63, 3.8) is 0 Å². The molecule has 2 atom stereocenters. The predicted octanol–water partition coefficient (Wildman–Crippen LogP) is 2.47. The largest absolute Gasteiger partial charge is 0.493 e. The number of nitrogens with one attached hydrogen (secondary N) is 2. The van der Waals surface area contributed by atoms with Gasteiger partial charge in [0.1, 0.15) is 5.82 Å². The van der Waals surface area contributed by atoms with E-state index in [1.165, 1.54) is 12.1 Å². The Hall–Kier alpha value is -2.80. The van der Waals surface area contributed by atoms with Crippen molar-refractivity contribution in [2.75, 3.05) is 34.4 Å². The van der Waals surface area contributed by atoms with E-state index in [0.717, 1.165) is 11.1 Å². The van der Waals surface area contributed by atoms with Gasteiger partial charge in [-0.25, -0.2) is 4.39 Å². The summed E-state index contributed by atoms with van der Waals surface area (Å²) in [5.41, 5.74) is 1.80. The van der Waals surface area contributed by atoms with E-state index in [-0.39, 0.29) is 23.6 Å². The summed E-state index contributed by atoms with van der Waals surface area (Å²) in [6.07, 6.45) is 0. The van der Waals surface area contributed by atoms with Gasteiger partial charge in [0.05, 0.1) is 27.2 Å². The Bertz CT molecular complexity index is 801. The highest BCUT2D eigenvalue weighted by Crippen LogP contribution is 2.42. The van der Waals surface area contributed by atoms with Gasteiger partial charge in [-0.15, -0.1) is 0 Å². The lowest BCUT2D eigenvalue weighted by Crippen LogP contribution is -2.34. The average Bonchev–Trinajstić information content (AvgIpc) is 3.22. The highest BCUT2D eigenvalue weighted by atomic mass is 19.1. The van der Waals surface area contributed by atoms with Gasteiger partial charge >= 0.3 is 0 Å². The highest BCUT2D eigenvalue weighted by Gasteiger charge is 2.35. The molecule has 2 N–H and O–H groups in total. The second kappa shape index (κ2) is 8.93. The van der Waals surface area contributed by atoms with Crippen LogP contribution in [0.1, 0.15) is 17.0 Å². The third-order valence-corrected chi connectivity index (χ3v) is 5.05. The first kappa shape index (κ1) is 19.9. The molecule has 1 aliphatic heterocycles. The molecule has 3 rings (SSSR count). The summed E-state index contributed by atoms with van der Waals surface area (Å²) >= 11 is 0. The number of methoxy groups -OCH3 is 3. The van der Waals surface area contributed by atoms with Crippen LogP contribution >= 0.6 is 0 Å². The van der Waals surface area contributed by atoms with Gasteiger partial charge in [0.15, 0.2) is 11.5 Å². The van der Waals surface area contributed by atoms with Crippen LogP contribution in [0.2, 0.25) is 0 Å². The van der Waals surface area contributed by atoms with Crippen LogP contribution in [0, 0.1) is 11.7 Å². The van der Waals surface area contributed by atoms with Crippen molar-refractivity contribution in [2.45, 2.75) is 12.5 Å². The van der Waals surface area contributed by atoms with Gasteiger partial charge in [-0.2, -0.15) is 0 Å². The molecule has 0 spiro atoms. The summed E-state index contributed by atoms with van der Waals surface area (Å²) in [4.78, 5) is 12.8. The molecule has 1 saturated heterocycles. The molecule has 0 bridgehead atoms. The molecule has 0 aliphatic carbocycles. The Kier molecular flexibility index (Phi) is 6.36. The zero-order valence-electron chi connectivity index (χ0n) is 16.3. The summed E-state index contributed by atoms with van der Waals surface area (Å²) in [6, 6.07) is 9.88. The van der Waals surface area contributed by atoms with Crippen molar-refractivity contribution in [1.82, 2.24) is 10.6 Å². The number of rotatable bonds is 7. The first-order valence-corrected chi connectivity index (χ1v) is 9.10. The van der Waals surface area contributed by atoms with Crippen LogP contribution in [-0.4, -0.2) is 40.3 Å². The van der Waals surface area contributed by atoms with Gasteiger partial charge < -0.3 is 24.8 Å². The van der Waals surface area contributed by atoms with Crippen molar-refractivity contribution in [3.05, 3.63) is 53.3 Å². The Morgan fingerprint density at radius 2 is 1.71 bits per heavy atom. The number of carbonyl (C=O) groups excluding carboxylic acids is 1. The lowest BCUT2D eigenvalue weighted by atomic mass is 9.87. The van der Waals surface area contributed by atoms with Gasteiger partial charge in [-0.05, 0) is 35.4 Å². The summed E-state index contributed by atoms with van der Waals surface area (Å²) in [5.74, 6) is 1.05. The fraction of sp³-hybridized carbons (Fsp3) is 0.381. The minimum Gasteiger partial charge on any atom is -0.493 e. The molecule has 150 valence electrons. The Labute approximate surface area is 164 Å². The molecule has 0 saturated carbocycles. The van der Waals surface area contributed by atoms with Crippen molar-refractivity contribution < 1.29 is 23.4 Å². The van der Waals surface area contributed by atoms with Crippen molar-refractivity contribution in [1.29, 1.82) is 0 Å². The lowest BCUT2D eigenvalue weighted by Gasteiger charge is -2.21. The average molecular weight is 388 g/mol. The van der Waals surface area contributed by atoms with Crippen LogP contribution in [0.25, 0.3) is 0 Å². The summed E-state index contributed by atoms with van der Waals surface area (Å²) in [5, 5.41) is 6.24. The number of amides is 1. The summed E-state index contributed by atoms with van der Waals surface area (Å²) in [7, 11) is 4.70. The highest BCUT2D eigenvalue weighted by molar-refractivity contribution is 5.80. The molecule has 2 aromatic rings. The summed E-state index contributed by atoms with van der Waals surface area (Å²) < 4.78 is 29.3. The second-order valence-corrected chi connectivity index (χ2v) is 6.67. The maximum absolute atomic E-state index is 13.0. The van der Waals surface area contributed by atoms with E-state index in [2.05, 4.69) is 10.6 Å². The zero-order valence-corrected chi connectivity index (χ0v) is 16.3. The minimum absolute atomic E-state index is 0.0260. The lowest BCUT2D eigenvalue weighted by molar-refractivity contribution is -0.125. The van der Waals surface area contributed by atoms with Crippen LogP contribution in [-0.2, 0) is 11.3 Å². The van der Waals surface area contributed by atoms with E-state index in [4.69, 9.17) is 14.2 Å². The molecule has 0 aromatic heterocycles. The number of hydrogen-bond acceptors (Lipinski definition) is 5. The molecule has 7 heteroatoms. The number of ether oxygens (including phenoxy) is 3. The predicted molar refractivity (Wildman–Crippen MR) is 103 cm³/mol.